The first kappa shape index (κ1) is 44.2. The molecule has 4 fully saturated rings. The molecular weight excluding hydrogens is 692 g/mol. The number of ether oxygens (including phenoxy) is 7. The molecule has 4 aliphatic rings. The molecule has 0 amide bonds. The van der Waals surface area contributed by atoms with Crippen molar-refractivity contribution in [3.63, 3.8) is 0 Å². The van der Waals surface area contributed by atoms with Gasteiger partial charge in [-0.25, -0.2) is 0 Å². The average Bonchev–Trinajstić information content (AvgIpc) is 3.90. The summed E-state index contributed by atoms with van der Waals surface area (Å²) >= 11 is 0. The summed E-state index contributed by atoms with van der Waals surface area (Å²) in [6, 6.07) is -0.308. The molecule has 0 aromatic rings. The summed E-state index contributed by atoms with van der Waals surface area (Å²) in [6.45, 7) is 17.7. The van der Waals surface area contributed by atoms with Gasteiger partial charge in [0.2, 0.25) is 0 Å². The van der Waals surface area contributed by atoms with Gasteiger partial charge < -0.3 is 63.7 Å². The van der Waals surface area contributed by atoms with Crippen LogP contribution in [0, 0.1) is 23.7 Å². The Morgan fingerprint density at radius 1 is 0.962 bits per heavy atom. The minimum absolute atomic E-state index is 0.0442. The number of aliphatic hydroxyl groups excluding tert-OH is 2. The number of esters is 1. The number of cyclic esters (lactones) is 1. The summed E-state index contributed by atoms with van der Waals surface area (Å²) < 4.78 is 43.9. The number of carbonyl (C=O) groups excluding carboxylic acids is 1. The van der Waals surface area contributed by atoms with Crippen LogP contribution in [-0.4, -0.2) is 154 Å². The maximum atomic E-state index is 14.2. The van der Waals surface area contributed by atoms with Gasteiger partial charge in [-0.15, -0.1) is 0 Å². The van der Waals surface area contributed by atoms with Crippen molar-refractivity contribution in [1.82, 2.24) is 4.90 Å². The minimum atomic E-state index is -1.95. The summed E-state index contributed by atoms with van der Waals surface area (Å²) in [5, 5.41) is 61.1. The van der Waals surface area contributed by atoms with Crippen LogP contribution in [0.2, 0.25) is 0 Å². The normalized spacial score (nSPS) is 51.3. The zero-order chi connectivity index (χ0) is 40.0. The third-order valence-electron chi connectivity index (χ3n) is 12.9. The van der Waals surface area contributed by atoms with Gasteiger partial charge in [-0.05, 0) is 74.9 Å². The lowest BCUT2D eigenvalue weighted by molar-refractivity contribution is -0.315. The maximum absolute atomic E-state index is 14.2. The highest BCUT2D eigenvalue weighted by molar-refractivity contribution is 5.88. The van der Waals surface area contributed by atoms with Gasteiger partial charge in [0, 0.05) is 37.3 Å². The van der Waals surface area contributed by atoms with Gasteiger partial charge in [0.15, 0.2) is 12.6 Å². The zero-order valence-corrected chi connectivity index (χ0v) is 34.0. The first-order valence-corrected chi connectivity index (χ1v) is 19.2. The average molecular weight is 761 g/mol. The number of methoxy groups -OCH3 is 1. The lowest BCUT2D eigenvalue weighted by Crippen LogP contribution is -2.62. The summed E-state index contributed by atoms with van der Waals surface area (Å²) in [5.74, 6) is -4.10. The van der Waals surface area contributed by atoms with Crippen molar-refractivity contribution in [2.45, 2.75) is 179 Å². The predicted octanol–water partition coefficient (Wildman–Crippen LogP) is 2.45. The molecule has 0 aromatic heterocycles. The first-order valence-electron chi connectivity index (χ1n) is 19.2. The third-order valence-corrected chi connectivity index (χ3v) is 12.9. The van der Waals surface area contributed by atoms with Crippen LogP contribution in [0.15, 0.2) is 5.16 Å². The number of oxime groups is 1. The van der Waals surface area contributed by atoms with Crippen LogP contribution in [0.25, 0.3) is 0 Å². The standard InChI is InChI=1S/C38H68N2O13/c1-14-26-37(10,45)31(42)21(4)28(39-46)19(2)16-35(8,44)32(53-34-29(41)25(40(11)12)15-20(3)49-34)22(5)30(23(6)33(43)51-26)52-27-17-36(9,47-13)38(18-48-38)24(7)50-27/h19-27,29-32,34,41-42,44-46H,14-18H2,1-13H3/b39-28+/t19-,20?,21+,22+,23-,24?,25-,26-,27+,29?,30+,31-,32-,34+,35-,36+,37-,38+/m1/s1. The van der Waals surface area contributed by atoms with Gasteiger partial charge in [-0.1, -0.05) is 32.9 Å². The lowest BCUT2D eigenvalue weighted by Gasteiger charge is -2.49. The van der Waals surface area contributed by atoms with Crippen LogP contribution in [0.3, 0.4) is 0 Å². The van der Waals surface area contributed by atoms with E-state index in [-0.39, 0.29) is 37.1 Å². The van der Waals surface area contributed by atoms with E-state index < -0.39 is 101 Å². The van der Waals surface area contributed by atoms with Gasteiger partial charge in [0.25, 0.3) is 0 Å². The summed E-state index contributed by atoms with van der Waals surface area (Å²) in [7, 11) is 5.34. The summed E-state index contributed by atoms with van der Waals surface area (Å²) in [5.41, 5.74) is -5.00. The van der Waals surface area contributed by atoms with E-state index in [9.17, 15) is 30.4 Å². The fraction of sp³-hybridized carbons (Fsp3) is 0.947. The molecule has 0 aliphatic carbocycles. The number of hydrogen-bond acceptors (Lipinski definition) is 15. The molecule has 53 heavy (non-hydrogen) atoms. The fourth-order valence-corrected chi connectivity index (χ4v) is 9.28. The van der Waals surface area contributed by atoms with Crippen LogP contribution < -0.4 is 0 Å². The van der Waals surface area contributed by atoms with E-state index in [1.165, 1.54) is 6.92 Å². The monoisotopic (exact) mass is 760 g/mol. The maximum Gasteiger partial charge on any atom is 0.311 e. The number of likely N-dealkylation sites (N-methyl/N-ethyl adjacent to an activating group) is 1. The van der Waals surface area contributed by atoms with Crippen molar-refractivity contribution >= 4 is 11.7 Å². The minimum Gasteiger partial charge on any atom is -0.459 e. The Kier molecular flexibility index (Phi) is 13.8. The van der Waals surface area contributed by atoms with Crippen molar-refractivity contribution in [1.29, 1.82) is 0 Å². The lowest BCUT2D eigenvalue weighted by atomic mass is 9.73. The van der Waals surface area contributed by atoms with Crippen LogP contribution in [0.5, 0.6) is 0 Å². The van der Waals surface area contributed by atoms with Crippen molar-refractivity contribution in [2.75, 3.05) is 27.8 Å². The second-order valence-electron chi connectivity index (χ2n) is 17.2. The topological polar surface area (TPSA) is 202 Å². The molecule has 15 nitrogen and oxygen atoms in total. The molecule has 0 bridgehead atoms. The number of carbonyl (C=O) groups is 1. The highest BCUT2D eigenvalue weighted by atomic mass is 16.7. The van der Waals surface area contributed by atoms with Crippen LogP contribution >= 0.6 is 0 Å². The largest absolute Gasteiger partial charge is 0.459 e. The predicted molar refractivity (Wildman–Crippen MR) is 193 cm³/mol. The molecule has 4 saturated heterocycles. The summed E-state index contributed by atoms with van der Waals surface area (Å²) in [6.07, 6.45) is -7.78. The molecule has 308 valence electrons. The number of aliphatic hydroxyl groups is 4. The van der Waals surface area contributed by atoms with E-state index in [0.717, 1.165) is 0 Å². The Labute approximate surface area is 315 Å². The molecule has 15 heteroatoms. The molecule has 4 heterocycles. The van der Waals surface area contributed by atoms with Gasteiger partial charge in [-0.2, -0.15) is 0 Å². The van der Waals surface area contributed by atoms with Crippen molar-refractivity contribution in [2.24, 2.45) is 28.8 Å². The van der Waals surface area contributed by atoms with Crippen molar-refractivity contribution < 1.29 is 63.6 Å². The van der Waals surface area contributed by atoms with E-state index in [4.69, 9.17) is 33.2 Å². The Morgan fingerprint density at radius 2 is 1.58 bits per heavy atom. The Balaban J connectivity index is 1.84. The van der Waals surface area contributed by atoms with Crippen molar-refractivity contribution in [3.05, 3.63) is 0 Å². The van der Waals surface area contributed by atoms with Crippen LogP contribution in [-0.2, 0) is 38.0 Å². The second kappa shape index (κ2) is 16.5. The molecule has 4 rings (SSSR count). The van der Waals surface area contributed by atoms with Gasteiger partial charge in [0.05, 0.1) is 54.4 Å². The molecule has 0 saturated carbocycles. The molecule has 0 aromatic carbocycles. The summed E-state index contributed by atoms with van der Waals surface area (Å²) in [4.78, 5) is 16.1. The SMILES string of the molecule is CC[C@H]1OC(=O)[C@H](C)[C@@H](O[C@H]2C[C@](C)(OC)[C@]3(CO3)C(C)O2)[C@H](C)[C@@H](O[C@@H]2OC(C)C[C@@H](N(C)C)C2O)[C@](C)(O)C[C@@H](C)/C(=N\O)[C@H](C)[C@@H](O)[C@]1(C)O. The second-order valence-corrected chi connectivity index (χ2v) is 17.2. The highest BCUT2D eigenvalue weighted by Gasteiger charge is 2.67. The highest BCUT2D eigenvalue weighted by Crippen LogP contribution is 2.51. The molecule has 0 radical (unpaired) electrons. The number of rotatable bonds is 7. The fourth-order valence-electron chi connectivity index (χ4n) is 9.28. The number of hydrogen-bond donors (Lipinski definition) is 5. The Morgan fingerprint density at radius 3 is 2.11 bits per heavy atom. The van der Waals surface area contributed by atoms with Gasteiger partial charge in [-0.3, -0.25) is 4.79 Å². The Bertz CT molecular complexity index is 1280. The van der Waals surface area contributed by atoms with Crippen LogP contribution in [0.1, 0.15) is 94.9 Å². The number of nitrogens with zero attached hydrogens (tertiary/aromatic N) is 2. The number of epoxide rings is 1. The van der Waals surface area contributed by atoms with E-state index in [2.05, 4.69) is 5.16 Å². The molecule has 18 atom stereocenters. The van der Waals surface area contributed by atoms with Gasteiger partial charge in [0.1, 0.15) is 29.0 Å². The first-order chi connectivity index (χ1) is 24.5. The quantitative estimate of drug-likeness (QED) is 0.110. The van der Waals surface area contributed by atoms with E-state index in [1.807, 2.05) is 39.8 Å². The van der Waals surface area contributed by atoms with Gasteiger partial charge >= 0.3 is 5.97 Å². The van der Waals surface area contributed by atoms with E-state index in [1.54, 1.807) is 48.7 Å². The third kappa shape index (κ3) is 8.60. The molecular formula is C38H68N2O13. The smallest absolute Gasteiger partial charge is 0.311 e. The zero-order valence-electron chi connectivity index (χ0n) is 34.0. The van der Waals surface area contributed by atoms with E-state index >= 15 is 0 Å². The van der Waals surface area contributed by atoms with E-state index in [0.29, 0.717) is 13.0 Å². The molecule has 4 aliphatic heterocycles. The molecule has 5 N–H and O–H groups in total. The Hall–Kier alpha value is -1.50. The molecule has 1 spiro atoms. The molecule has 3 unspecified atom stereocenters. The van der Waals surface area contributed by atoms with Crippen LogP contribution in [0.4, 0.5) is 0 Å². The van der Waals surface area contributed by atoms with Crippen molar-refractivity contribution in [3.8, 4) is 0 Å².